The fourth-order valence-corrected chi connectivity index (χ4v) is 5.70. The maximum atomic E-state index is 9.69. The van der Waals surface area contributed by atoms with Crippen molar-refractivity contribution in [1.29, 1.82) is 5.26 Å². The third kappa shape index (κ3) is 1.88. The Labute approximate surface area is 111 Å². The molecule has 1 atom stereocenters. The fraction of sp³-hybridized carbons (Fsp3) is 0.938. The predicted octanol–water partition coefficient (Wildman–Crippen LogP) is 3.44. The van der Waals surface area contributed by atoms with Gasteiger partial charge in [0.25, 0.3) is 0 Å². The largest absolute Gasteiger partial charge is 0.291 e. The van der Waals surface area contributed by atoms with Crippen molar-refractivity contribution in [2.45, 2.75) is 57.9 Å². The Morgan fingerprint density at radius 1 is 1.17 bits per heavy atom. The first-order chi connectivity index (χ1) is 8.66. The molecule has 0 aromatic heterocycles. The average molecular weight is 246 g/mol. The van der Waals surface area contributed by atoms with Crippen molar-refractivity contribution in [3.63, 3.8) is 0 Å². The monoisotopic (exact) mass is 246 g/mol. The topological polar surface area (TPSA) is 27.0 Å². The lowest BCUT2D eigenvalue weighted by molar-refractivity contribution is -0.0832. The zero-order valence-electron chi connectivity index (χ0n) is 11.9. The summed E-state index contributed by atoms with van der Waals surface area (Å²) in [6, 6.07) is 2.84. The summed E-state index contributed by atoms with van der Waals surface area (Å²) >= 11 is 0. The number of rotatable bonds is 4. The lowest BCUT2D eigenvalue weighted by atomic mass is 9.47. The maximum absolute atomic E-state index is 9.69. The molecule has 0 aliphatic heterocycles. The molecule has 4 rings (SSSR count). The Morgan fingerprint density at radius 3 is 2.06 bits per heavy atom. The summed E-state index contributed by atoms with van der Waals surface area (Å²) in [5.74, 6) is 2.84. The number of hydrogen-bond acceptors (Lipinski definition) is 2. The van der Waals surface area contributed by atoms with Gasteiger partial charge < -0.3 is 0 Å². The molecule has 0 amide bonds. The van der Waals surface area contributed by atoms with Crippen molar-refractivity contribution >= 4 is 0 Å². The van der Waals surface area contributed by atoms with Crippen LogP contribution in [0.2, 0.25) is 0 Å². The van der Waals surface area contributed by atoms with E-state index in [4.69, 9.17) is 0 Å². The molecule has 0 spiro atoms. The second kappa shape index (κ2) is 4.53. The van der Waals surface area contributed by atoms with Crippen LogP contribution < -0.4 is 0 Å². The van der Waals surface area contributed by atoms with Gasteiger partial charge in [0.2, 0.25) is 0 Å². The van der Waals surface area contributed by atoms with Crippen LogP contribution in [0.1, 0.15) is 51.9 Å². The molecule has 2 heteroatoms. The van der Waals surface area contributed by atoms with Crippen molar-refractivity contribution in [1.82, 2.24) is 4.90 Å². The highest BCUT2D eigenvalue weighted by Gasteiger charge is 2.55. The highest BCUT2D eigenvalue weighted by molar-refractivity contribution is 5.12. The summed E-state index contributed by atoms with van der Waals surface area (Å²) in [4.78, 5) is 2.34. The molecule has 0 heterocycles. The summed E-state index contributed by atoms with van der Waals surface area (Å²) in [7, 11) is 2.16. The van der Waals surface area contributed by atoms with Crippen LogP contribution >= 0.6 is 0 Å². The van der Waals surface area contributed by atoms with E-state index in [1.807, 2.05) is 0 Å². The first-order valence-electron chi connectivity index (χ1n) is 7.76. The Balaban J connectivity index is 1.83. The molecule has 4 fully saturated rings. The van der Waals surface area contributed by atoms with Gasteiger partial charge in [-0.1, -0.05) is 6.92 Å². The molecule has 0 saturated heterocycles. The standard InChI is InChI=1S/C16H26N2/c1-3-4-18(2)15(11-17)16-8-12-5-13(9-16)7-14(6-12)10-16/h12-15H,3-10H2,1-2H3. The summed E-state index contributed by atoms with van der Waals surface area (Å²) in [5, 5.41) is 9.69. The molecule has 4 bridgehead atoms. The minimum absolute atomic E-state index is 0.172. The molecule has 0 N–H and O–H groups in total. The molecule has 4 saturated carbocycles. The molecule has 0 radical (unpaired) electrons. The van der Waals surface area contributed by atoms with Crippen LogP contribution in [0, 0.1) is 34.5 Å². The van der Waals surface area contributed by atoms with Gasteiger partial charge in [0.1, 0.15) is 6.04 Å². The molecule has 4 aliphatic carbocycles. The average Bonchev–Trinajstić information content (AvgIpc) is 2.27. The number of nitriles is 1. The highest BCUT2D eigenvalue weighted by Crippen LogP contribution is 2.61. The summed E-state index contributed by atoms with van der Waals surface area (Å²) in [6.07, 6.45) is 9.57. The Morgan fingerprint density at radius 2 is 1.67 bits per heavy atom. The zero-order valence-corrected chi connectivity index (χ0v) is 11.9. The lowest BCUT2D eigenvalue weighted by Gasteiger charge is -2.59. The van der Waals surface area contributed by atoms with Crippen LogP contribution in [0.3, 0.4) is 0 Å². The van der Waals surface area contributed by atoms with Gasteiger partial charge in [0.15, 0.2) is 0 Å². The molecule has 0 aromatic carbocycles. The lowest BCUT2D eigenvalue weighted by Crippen LogP contribution is -2.55. The van der Waals surface area contributed by atoms with Crippen LogP contribution in [0.15, 0.2) is 0 Å². The molecular formula is C16H26N2. The van der Waals surface area contributed by atoms with Crippen molar-refractivity contribution < 1.29 is 0 Å². The summed E-state index contributed by atoms with van der Waals surface area (Å²) in [6.45, 7) is 3.28. The van der Waals surface area contributed by atoms with E-state index in [2.05, 4.69) is 24.9 Å². The zero-order chi connectivity index (χ0) is 12.8. The Bertz CT molecular complexity index is 319. The highest BCUT2D eigenvalue weighted by atomic mass is 15.1. The quantitative estimate of drug-likeness (QED) is 0.760. The predicted molar refractivity (Wildman–Crippen MR) is 72.9 cm³/mol. The van der Waals surface area contributed by atoms with Crippen molar-refractivity contribution in [3.05, 3.63) is 0 Å². The van der Waals surface area contributed by atoms with Crippen LogP contribution in [-0.4, -0.2) is 24.5 Å². The van der Waals surface area contributed by atoms with E-state index >= 15 is 0 Å². The van der Waals surface area contributed by atoms with Gasteiger partial charge >= 0.3 is 0 Å². The SMILES string of the molecule is CCCN(C)C(C#N)C12CC3CC(CC(C3)C1)C2. The molecule has 18 heavy (non-hydrogen) atoms. The van der Waals surface area contributed by atoms with E-state index in [1.54, 1.807) is 0 Å². The Kier molecular flexibility index (Phi) is 3.14. The third-order valence-electron chi connectivity index (χ3n) is 5.81. The molecule has 100 valence electrons. The minimum Gasteiger partial charge on any atom is -0.291 e. The molecular weight excluding hydrogens is 220 g/mol. The van der Waals surface area contributed by atoms with Crippen molar-refractivity contribution in [2.24, 2.45) is 23.2 Å². The number of hydrogen-bond donors (Lipinski definition) is 0. The van der Waals surface area contributed by atoms with Gasteiger partial charge in [-0.2, -0.15) is 5.26 Å². The van der Waals surface area contributed by atoms with Gasteiger partial charge in [-0.15, -0.1) is 0 Å². The summed E-state index contributed by atoms with van der Waals surface area (Å²) in [5.41, 5.74) is 0.355. The van der Waals surface area contributed by atoms with E-state index in [-0.39, 0.29) is 6.04 Å². The van der Waals surface area contributed by atoms with Gasteiger partial charge in [-0.3, -0.25) is 4.90 Å². The second-order valence-electron chi connectivity index (χ2n) is 7.29. The van der Waals surface area contributed by atoms with Crippen LogP contribution in [0.4, 0.5) is 0 Å². The van der Waals surface area contributed by atoms with Gasteiger partial charge in [0, 0.05) is 5.41 Å². The van der Waals surface area contributed by atoms with E-state index < -0.39 is 0 Å². The number of nitrogens with zero attached hydrogens (tertiary/aromatic N) is 2. The van der Waals surface area contributed by atoms with Gasteiger partial charge in [0.05, 0.1) is 6.07 Å². The smallest absolute Gasteiger partial charge is 0.103 e. The third-order valence-corrected chi connectivity index (χ3v) is 5.81. The van der Waals surface area contributed by atoms with Gasteiger partial charge in [-0.25, -0.2) is 0 Å². The minimum atomic E-state index is 0.172. The Hall–Kier alpha value is -0.550. The molecule has 0 aromatic rings. The molecule has 1 unspecified atom stereocenters. The van der Waals surface area contributed by atoms with E-state index in [1.165, 1.54) is 38.5 Å². The van der Waals surface area contributed by atoms with Gasteiger partial charge in [-0.05, 0) is 76.3 Å². The van der Waals surface area contributed by atoms with Crippen molar-refractivity contribution in [2.75, 3.05) is 13.6 Å². The van der Waals surface area contributed by atoms with E-state index in [0.29, 0.717) is 5.41 Å². The van der Waals surface area contributed by atoms with E-state index in [9.17, 15) is 5.26 Å². The fourth-order valence-electron chi connectivity index (χ4n) is 5.70. The molecule has 2 nitrogen and oxygen atoms in total. The van der Waals surface area contributed by atoms with Crippen LogP contribution in [0.5, 0.6) is 0 Å². The first-order valence-corrected chi connectivity index (χ1v) is 7.76. The van der Waals surface area contributed by atoms with E-state index in [0.717, 1.165) is 30.7 Å². The van der Waals surface area contributed by atoms with Crippen molar-refractivity contribution in [3.8, 4) is 6.07 Å². The maximum Gasteiger partial charge on any atom is 0.103 e. The van der Waals surface area contributed by atoms with Crippen LogP contribution in [-0.2, 0) is 0 Å². The molecule has 4 aliphatic rings. The van der Waals surface area contributed by atoms with Crippen LogP contribution in [0.25, 0.3) is 0 Å². The first kappa shape index (κ1) is 12.5. The second-order valence-corrected chi connectivity index (χ2v) is 7.29. The summed E-state index contributed by atoms with van der Waals surface area (Å²) < 4.78 is 0. The normalized spacial score (nSPS) is 43.1.